The van der Waals surface area contributed by atoms with E-state index in [1.807, 2.05) is 23.1 Å². The predicted octanol–water partition coefficient (Wildman–Crippen LogP) is 2.42. The first kappa shape index (κ1) is 16.8. The first-order valence-electron chi connectivity index (χ1n) is 8.85. The van der Waals surface area contributed by atoms with Crippen LogP contribution >= 0.6 is 11.6 Å². The maximum atomic E-state index is 12.8. The molecule has 0 unspecified atom stereocenters. The van der Waals surface area contributed by atoms with Crippen LogP contribution in [0, 0.1) is 5.92 Å². The Morgan fingerprint density at radius 2 is 2.00 bits per heavy atom. The molecular weight excluding hydrogens is 338 g/mol. The minimum absolute atomic E-state index is 0.00255. The zero-order valence-corrected chi connectivity index (χ0v) is 14.8. The molecule has 1 N–H and O–H groups in total. The van der Waals surface area contributed by atoms with Gasteiger partial charge in [-0.2, -0.15) is 0 Å². The molecule has 2 fully saturated rings. The summed E-state index contributed by atoms with van der Waals surface area (Å²) in [7, 11) is 0. The summed E-state index contributed by atoms with van der Waals surface area (Å²) < 4.78 is 0. The number of benzene rings is 1. The summed E-state index contributed by atoms with van der Waals surface area (Å²) in [5.41, 5.74) is 1.36. The molecule has 1 aromatic heterocycles. The van der Waals surface area contributed by atoms with Crippen molar-refractivity contribution in [2.75, 3.05) is 32.8 Å². The van der Waals surface area contributed by atoms with Crippen LogP contribution in [0.15, 0.2) is 30.5 Å². The van der Waals surface area contributed by atoms with E-state index >= 15 is 0 Å². The number of likely N-dealkylation sites (tertiary alicyclic amines) is 2. The van der Waals surface area contributed by atoms with Crippen molar-refractivity contribution in [3.63, 3.8) is 0 Å². The van der Waals surface area contributed by atoms with Crippen LogP contribution in [0.2, 0.25) is 5.02 Å². The molecule has 2 saturated heterocycles. The minimum Gasteiger partial charge on any atom is -0.396 e. The van der Waals surface area contributed by atoms with Gasteiger partial charge in [-0.25, -0.2) is 0 Å². The van der Waals surface area contributed by atoms with Gasteiger partial charge in [0, 0.05) is 37.3 Å². The molecule has 2 aromatic rings. The summed E-state index contributed by atoms with van der Waals surface area (Å²) in [5.74, 6) is 0.441. The molecular formula is C19H22ClN3O2. The lowest BCUT2D eigenvalue weighted by atomic mass is 9.94. The van der Waals surface area contributed by atoms with Crippen LogP contribution in [0.25, 0.3) is 10.9 Å². The van der Waals surface area contributed by atoms with Crippen molar-refractivity contribution in [3.8, 4) is 0 Å². The van der Waals surface area contributed by atoms with Crippen LogP contribution < -0.4 is 0 Å². The average Bonchev–Trinajstić information content (AvgIpc) is 2.61. The smallest absolute Gasteiger partial charge is 0.255 e. The number of amides is 1. The number of aliphatic hydroxyl groups excluding tert-OH is 1. The van der Waals surface area contributed by atoms with Gasteiger partial charge in [0.15, 0.2) is 0 Å². The van der Waals surface area contributed by atoms with E-state index < -0.39 is 0 Å². The van der Waals surface area contributed by atoms with Crippen molar-refractivity contribution < 1.29 is 9.90 Å². The molecule has 2 aliphatic rings. The number of hydrogen-bond donors (Lipinski definition) is 1. The third kappa shape index (κ3) is 3.12. The van der Waals surface area contributed by atoms with Gasteiger partial charge in [0.2, 0.25) is 0 Å². The zero-order chi connectivity index (χ0) is 17.4. The van der Waals surface area contributed by atoms with Gasteiger partial charge in [0.25, 0.3) is 5.91 Å². The predicted molar refractivity (Wildman–Crippen MR) is 97.8 cm³/mol. The lowest BCUT2D eigenvalue weighted by Crippen LogP contribution is -2.62. The Bertz CT molecular complexity index is 783. The second-order valence-corrected chi connectivity index (χ2v) is 7.40. The third-order valence-corrected chi connectivity index (χ3v) is 5.93. The Kier molecular flexibility index (Phi) is 4.63. The molecule has 5 nitrogen and oxygen atoms in total. The fourth-order valence-corrected chi connectivity index (χ4v) is 4.11. The number of carbonyl (C=O) groups excluding carboxylic acids is 1. The molecule has 0 aliphatic carbocycles. The second-order valence-electron chi connectivity index (χ2n) is 7.02. The molecule has 25 heavy (non-hydrogen) atoms. The highest BCUT2D eigenvalue weighted by Crippen LogP contribution is 2.29. The highest BCUT2D eigenvalue weighted by atomic mass is 35.5. The van der Waals surface area contributed by atoms with Gasteiger partial charge >= 0.3 is 0 Å². The van der Waals surface area contributed by atoms with Crippen LogP contribution in [0.4, 0.5) is 0 Å². The second kappa shape index (κ2) is 6.90. The van der Waals surface area contributed by atoms with E-state index in [2.05, 4.69) is 9.88 Å². The summed E-state index contributed by atoms with van der Waals surface area (Å²) in [5, 5.41) is 10.5. The fourth-order valence-electron chi connectivity index (χ4n) is 3.80. The monoisotopic (exact) mass is 359 g/mol. The van der Waals surface area contributed by atoms with Gasteiger partial charge in [-0.1, -0.05) is 11.6 Å². The summed E-state index contributed by atoms with van der Waals surface area (Å²) >= 11 is 6.46. The SMILES string of the molecule is O=C(c1ccc2ncccc2c1Cl)N1CC(N2CCC(CO)CC2)C1. The molecule has 4 rings (SSSR count). The normalized spacial score (nSPS) is 20.0. The number of hydrogen-bond acceptors (Lipinski definition) is 4. The van der Waals surface area contributed by atoms with Crippen LogP contribution in [0.5, 0.6) is 0 Å². The quantitative estimate of drug-likeness (QED) is 0.914. The molecule has 132 valence electrons. The molecule has 6 heteroatoms. The van der Waals surface area contributed by atoms with Crippen molar-refractivity contribution in [2.24, 2.45) is 5.92 Å². The largest absolute Gasteiger partial charge is 0.396 e. The molecule has 1 amide bonds. The summed E-state index contributed by atoms with van der Waals surface area (Å²) in [4.78, 5) is 21.4. The average molecular weight is 360 g/mol. The first-order chi connectivity index (χ1) is 12.2. The van der Waals surface area contributed by atoms with E-state index in [1.165, 1.54) is 0 Å². The van der Waals surface area contributed by atoms with E-state index in [-0.39, 0.29) is 5.91 Å². The van der Waals surface area contributed by atoms with E-state index in [9.17, 15) is 9.90 Å². The number of rotatable bonds is 3. The standard InChI is InChI=1S/C19H22ClN3O2/c20-18-15-2-1-7-21-17(15)4-3-16(18)19(25)23-10-14(11-23)22-8-5-13(12-24)6-9-22/h1-4,7,13-14,24H,5-6,8-12H2. The summed E-state index contributed by atoms with van der Waals surface area (Å²) in [6, 6.07) is 7.79. The van der Waals surface area contributed by atoms with E-state index in [0.29, 0.717) is 29.2 Å². The van der Waals surface area contributed by atoms with Crippen molar-refractivity contribution in [1.29, 1.82) is 0 Å². The number of halogens is 1. The van der Waals surface area contributed by atoms with E-state index in [0.717, 1.165) is 49.9 Å². The van der Waals surface area contributed by atoms with Gasteiger partial charge in [-0.3, -0.25) is 14.7 Å². The lowest BCUT2D eigenvalue weighted by Gasteiger charge is -2.47. The van der Waals surface area contributed by atoms with Crippen molar-refractivity contribution in [2.45, 2.75) is 18.9 Å². The van der Waals surface area contributed by atoms with Crippen molar-refractivity contribution in [1.82, 2.24) is 14.8 Å². The number of aromatic nitrogens is 1. The minimum atomic E-state index is -0.00255. The number of nitrogens with zero attached hydrogens (tertiary/aromatic N) is 3. The first-order valence-corrected chi connectivity index (χ1v) is 9.22. The Morgan fingerprint density at radius 1 is 1.24 bits per heavy atom. The maximum Gasteiger partial charge on any atom is 0.255 e. The van der Waals surface area contributed by atoms with E-state index in [4.69, 9.17) is 11.6 Å². The van der Waals surface area contributed by atoms with Crippen LogP contribution in [-0.4, -0.2) is 64.6 Å². The Hall–Kier alpha value is -1.69. The molecule has 0 radical (unpaired) electrons. The fraction of sp³-hybridized carbons (Fsp3) is 0.474. The number of pyridine rings is 1. The highest BCUT2D eigenvalue weighted by molar-refractivity contribution is 6.38. The molecule has 0 atom stereocenters. The van der Waals surface area contributed by atoms with Gasteiger partial charge < -0.3 is 10.0 Å². The van der Waals surface area contributed by atoms with Crippen LogP contribution in [0.1, 0.15) is 23.2 Å². The molecule has 3 heterocycles. The number of piperidine rings is 1. The molecule has 1 aromatic carbocycles. The van der Waals surface area contributed by atoms with Crippen LogP contribution in [0.3, 0.4) is 0 Å². The van der Waals surface area contributed by atoms with Gasteiger partial charge in [0.1, 0.15) is 0 Å². The van der Waals surface area contributed by atoms with Crippen LogP contribution in [-0.2, 0) is 0 Å². The molecule has 0 saturated carbocycles. The molecule has 2 aliphatic heterocycles. The van der Waals surface area contributed by atoms with Gasteiger partial charge in [0.05, 0.1) is 16.1 Å². The van der Waals surface area contributed by atoms with Gasteiger partial charge in [-0.05, 0) is 56.1 Å². The van der Waals surface area contributed by atoms with Crippen molar-refractivity contribution in [3.05, 3.63) is 41.0 Å². The molecule has 0 bridgehead atoms. The van der Waals surface area contributed by atoms with Gasteiger partial charge in [-0.15, -0.1) is 0 Å². The topological polar surface area (TPSA) is 56.7 Å². The van der Waals surface area contributed by atoms with Crippen molar-refractivity contribution >= 4 is 28.4 Å². The third-order valence-electron chi connectivity index (χ3n) is 5.52. The Balaban J connectivity index is 1.41. The lowest BCUT2D eigenvalue weighted by molar-refractivity contribution is 0.0103. The summed E-state index contributed by atoms with van der Waals surface area (Å²) in [6.45, 7) is 3.83. The Morgan fingerprint density at radius 3 is 2.72 bits per heavy atom. The maximum absolute atomic E-state index is 12.8. The Labute approximate surface area is 152 Å². The van der Waals surface area contributed by atoms with E-state index in [1.54, 1.807) is 12.3 Å². The summed E-state index contributed by atoms with van der Waals surface area (Å²) in [6.07, 6.45) is 3.81. The number of carbonyl (C=O) groups is 1. The number of fused-ring (bicyclic) bond motifs is 1. The molecule has 0 spiro atoms. The zero-order valence-electron chi connectivity index (χ0n) is 14.1. The number of aliphatic hydroxyl groups is 1. The highest BCUT2D eigenvalue weighted by Gasteiger charge is 2.37.